The van der Waals surface area contributed by atoms with Crippen LogP contribution in [0.3, 0.4) is 0 Å². The van der Waals surface area contributed by atoms with Crippen LogP contribution in [0, 0.1) is 23.0 Å². The van der Waals surface area contributed by atoms with Crippen LogP contribution in [0.2, 0.25) is 5.02 Å². The Balaban J connectivity index is 2.15. The lowest BCUT2D eigenvalue weighted by molar-refractivity contribution is 0.395. The molecule has 0 radical (unpaired) electrons. The number of aromatic hydroxyl groups is 1. The number of anilines is 1. The number of nitrogens with zero attached hydrogens (tertiary/aromatic N) is 1. The van der Waals surface area contributed by atoms with Gasteiger partial charge in [-0.05, 0) is 35.9 Å². The fourth-order valence-corrected chi connectivity index (χ4v) is 1.80. The molecular weight excluding hydrogens is 286 g/mol. The first-order valence-electron chi connectivity index (χ1n) is 5.61. The highest BCUT2D eigenvalue weighted by atomic mass is 35.5. The highest BCUT2D eigenvalue weighted by Crippen LogP contribution is 2.23. The number of rotatable bonds is 3. The molecule has 2 rings (SSSR count). The largest absolute Gasteiger partial charge is 0.503 e. The summed E-state index contributed by atoms with van der Waals surface area (Å²) in [5, 5.41) is 21.1. The number of hydrogen-bond donors (Lipinski definition) is 2. The Labute approximate surface area is 119 Å². The summed E-state index contributed by atoms with van der Waals surface area (Å²) in [6, 6.07) is 8.75. The van der Waals surface area contributed by atoms with Gasteiger partial charge in [0, 0.05) is 12.2 Å². The molecule has 0 aliphatic heterocycles. The fourth-order valence-electron chi connectivity index (χ4n) is 1.65. The van der Waals surface area contributed by atoms with E-state index in [9.17, 15) is 8.78 Å². The summed E-state index contributed by atoms with van der Waals surface area (Å²) >= 11 is 5.80. The molecular formula is C14H9ClF2N2O. The van der Waals surface area contributed by atoms with Crippen LogP contribution in [-0.4, -0.2) is 5.11 Å². The van der Waals surface area contributed by atoms with E-state index in [4.69, 9.17) is 22.0 Å². The van der Waals surface area contributed by atoms with Crippen molar-refractivity contribution in [3.05, 3.63) is 58.1 Å². The third kappa shape index (κ3) is 2.98. The van der Waals surface area contributed by atoms with Gasteiger partial charge in [0.2, 0.25) is 0 Å². The van der Waals surface area contributed by atoms with Gasteiger partial charge in [-0.1, -0.05) is 11.6 Å². The normalized spacial score (nSPS) is 10.1. The number of phenols is 1. The Morgan fingerprint density at radius 3 is 2.45 bits per heavy atom. The van der Waals surface area contributed by atoms with Crippen molar-refractivity contribution in [3.63, 3.8) is 0 Å². The number of hydrogen-bond acceptors (Lipinski definition) is 3. The average Bonchev–Trinajstić information content (AvgIpc) is 2.43. The van der Waals surface area contributed by atoms with Crippen molar-refractivity contribution in [1.82, 2.24) is 0 Å². The Morgan fingerprint density at radius 2 is 1.85 bits per heavy atom. The lowest BCUT2D eigenvalue weighted by atomic mass is 10.1. The van der Waals surface area contributed by atoms with E-state index in [0.29, 0.717) is 21.8 Å². The van der Waals surface area contributed by atoms with E-state index in [2.05, 4.69) is 5.32 Å². The molecule has 0 unspecified atom stereocenters. The molecule has 0 bridgehead atoms. The van der Waals surface area contributed by atoms with Gasteiger partial charge in [0.15, 0.2) is 17.4 Å². The maximum absolute atomic E-state index is 13.2. The van der Waals surface area contributed by atoms with E-state index in [1.54, 1.807) is 12.1 Å². The third-order valence-corrected chi connectivity index (χ3v) is 2.99. The van der Waals surface area contributed by atoms with Gasteiger partial charge in [-0.15, -0.1) is 0 Å². The molecule has 0 fully saturated rings. The molecule has 6 heteroatoms. The second kappa shape index (κ2) is 5.76. The molecule has 0 saturated carbocycles. The minimum atomic E-state index is -1.02. The van der Waals surface area contributed by atoms with Crippen LogP contribution in [0.5, 0.6) is 5.75 Å². The predicted molar refractivity (Wildman–Crippen MR) is 71.5 cm³/mol. The highest BCUT2D eigenvalue weighted by Gasteiger charge is 2.09. The van der Waals surface area contributed by atoms with Crippen LogP contribution in [0.1, 0.15) is 11.1 Å². The molecule has 0 heterocycles. The van der Waals surface area contributed by atoms with Gasteiger partial charge in [0.1, 0.15) is 6.07 Å². The molecule has 20 heavy (non-hydrogen) atoms. The van der Waals surface area contributed by atoms with Crippen molar-refractivity contribution < 1.29 is 13.9 Å². The zero-order valence-corrected chi connectivity index (χ0v) is 10.9. The van der Waals surface area contributed by atoms with Gasteiger partial charge in [-0.2, -0.15) is 5.26 Å². The molecule has 2 N–H and O–H groups in total. The zero-order chi connectivity index (χ0) is 14.7. The Kier molecular flexibility index (Phi) is 4.06. The van der Waals surface area contributed by atoms with Crippen molar-refractivity contribution >= 4 is 17.3 Å². The van der Waals surface area contributed by atoms with Gasteiger partial charge in [-0.3, -0.25) is 0 Å². The fraction of sp³-hybridized carbons (Fsp3) is 0.0714. The third-order valence-electron chi connectivity index (χ3n) is 2.66. The highest BCUT2D eigenvalue weighted by molar-refractivity contribution is 6.31. The van der Waals surface area contributed by atoms with Crippen LogP contribution in [0.4, 0.5) is 14.5 Å². The molecule has 2 aromatic carbocycles. The minimum Gasteiger partial charge on any atom is -0.503 e. The number of phenolic OH excluding ortho intramolecular Hbond substituents is 1. The second-order valence-corrected chi connectivity index (χ2v) is 4.48. The Bertz CT molecular complexity index is 675. The molecule has 0 spiro atoms. The van der Waals surface area contributed by atoms with Gasteiger partial charge in [0.05, 0.1) is 10.6 Å². The predicted octanol–water partition coefficient (Wildman–Crippen LogP) is 3.81. The Hall–Kier alpha value is -2.32. The summed E-state index contributed by atoms with van der Waals surface area (Å²) in [5.74, 6) is -3.03. The van der Waals surface area contributed by atoms with Crippen LogP contribution in [0.15, 0.2) is 30.3 Å². The van der Waals surface area contributed by atoms with E-state index in [-0.39, 0.29) is 6.54 Å². The van der Waals surface area contributed by atoms with E-state index in [1.165, 1.54) is 6.07 Å². The van der Waals surface area contributed by atoms with Gasteiger partial charge >= 0.3 is 0 Å². The minimum absolute atomic E-state index is 0.140. The zero-order valence-electron chi connectivity index (χ0n) is 10.1. The number of benzene rings is 2. The quantitative estimate of drug-likeness (QED) is 0.905. The number of nitriles is 1. The summed E-state index contributed by atoms with van der Waals surface area (Å²) in [6.45, 7) is 0.140. The van der Waals surface area contributed by atoms with Crippen LogP contribution in [0.25, 0.3) is 0 Å². The van der Waals surface area contributed by atoms with Gasteiger partial charge in [0.25, 0.3) is 0 Å². The van der Waals surface area contributed by atoms with Gasteiger partial charge in [-0.25, -0.2) is 8.78 Å². The maximum atomic E-state index is 13.2. The van der Waals surface area contributed by atoms with Crippen molar-refractivity contribution in [2.45, 2.75) is 6.54 Å². The summed E-state index contributed by atoms with van der Waals surface area (Å²) < 4.78 is 26.3. The van der Waals surface area contributed by atoms with E-state index >= 15 is 0 Å². The SMILES string of the molecule is N#Cc1cc(NCc2cc(F)c(O)c(F)c2)ccc1Cl. The molecule has 3 nitrogen and oxygen atoms in total. The smallest absolute Gasteiger partial charge is 0.187 e. The molecule has 102 valence electrons. The van der Waals surface area contributed by atoms with Crippen LogP contribution >= 0.6 is 11.6 Å². The van der Waals surface area contributed by atoms with E-state index in [0.717, 1.165) is 12.1 Å². The lowest BCUT2D eigenvalue weighted by Gasteiger charge is -2.08. The Morgan fingerprint density at radius 1 is 1.20 bits per heavy atom. The first-order chi connectivity index (χ1) is 9.51. The molecule has 0 amide bonds. The first kappa shape index (κ1) is 14.1. The molecule has 2 aromatic rings. The van der Waals surface area contributed by atoms with Crippen LogP contribution < -0.4 is 5.32 Å². The van der Waals surface area contributed by atoms with Crippen LogP contribution in [-0.2, 0) is 6.54 Å². The second-order valence-electron chi connectivity index (χ2n) is 4.07. The van der Waals surface area contributed by atoms with E-state index < -0.39 is 17.4 Å². The number of halogens is 3. The molecule has 0 aromatic heterocycles. The summed E-state index contributed by atoms with van der Waals surface area (Å²) in [6.07, 6.45) is 0. The molecule has 0 saturated heterocycles. The molecule has 0 aliphatic rings. The van der Waals surface area contributed by atoms with Crippen molar-refractivity contribution in [2.24, 2.45) is 0 Å². The first-order valence-corrected chi connectivity index (χ1v) is 5.99. The van der Waals surface area contributed by atoms with Crippen molar-refractivity contribution in [3.8, 4) is 11.8 Å². The van der Waals surface area contributed by atoms with Crippen molar-refractivity contribution in [2.75, 3.05) is 5.32 Å². The summed E-state index contributed by atoms with van der Waals surface area (Å²) in [7, 11) is 0. The lowest BCUT2D eigenvalue weighted by Crippen LogP contribution is -2.01. The van der Waals surface area contributed by atoms with Crippen molar-refractivity contribution in [1.29, 1.82) is 5.26 Å². The molecule has 0 atom stereocenters. The summed E-state index contributed by atoms with van der Waals surface area (Å²) in [4.78, 5) is 0. The summed E-state index contributed by atoms with van der Waals surface area (Å²) in [5.41, 5.74) is 1.23. The average molecular weight is 295 g/mol. The maximum Gasteiger partial charge on any atom is 0.187 e. The topological polar surface area (TPSA) is 56.0 Å². The van der Waals surface area contributed by atoms with E-state index in [1.807, 2.05) is 6.07 Å². The molecule has 0 aliphatic carbocycles. The number of nitrogens with one attached hydrogen (secondary N) is 1. The monoisotopic (exact) mass is 294 g/mol. The van der Waals surface area contributed by atoms with Gasteiger partial charge < -0.3 is 10.4 Å². The standard InChI is InChI=1S/C14H9ClF2N2O/c15-11-2-1-10(5-9(11)6-18)19-7-8-3-12(16)14(20)13(17)4-8/h1-5,19-20H,7H2.